The molecule has 2 heterocycles. The molecule has 0 radical (unpaired) electrons. The molecular weight excluding hydrogens is 374 g/mol. The van der Waals surface area contributed by atoms with Crippen molar-refractivity contribution in [3.63, 3.8) is 0 Å². The highest BCUT2D eigenvalue weighted by molar-refractivity contribution is 7.11. The molecule has 28 heavy (non-hydrogen) atoms. The third-order valence-electron chi connectivity index (χ3n) is 4.89. The molecule has 8 heteroatoms. The van der Waals surface area contributed by atoms with Crippen LogP contribution in [0.3, 0.4) is 0 Å². The Morgan fingerprint density at radius 3 is 2.68 bits per heavy atom. The molecule has 1 aromatic rings. The Bertz CT molecular complexity index is 717. The predicted molar refractivity (Wildman–Crippen MR) is 115 cm³/mol. The summed E-state index contributed by atoms with van der Waals surface area (Å²) in [6, 6.07) is 4.27. The van der Waals surface area contributed by atoms with Crippen LogP contribution < -0.4 is 16.0 Å². The van der Waals surface area contributed by atoms with Crippen molar-refractivity contribution in [2.24, 2.45) is 4.99 Å². The van der Waals surface area contributed by atoms with E-state index < -0.39 is 5.54 Å². The molecule has 2 rings (SSSR count). The van der Waals surface area contributed by atoms with Gasteiger partial charge in [-0.3, -0.25) is 14.7 Å². The smallest absolute Gasteiger partial charge is 0.325 e. The van der Waals surface area contributed by atoms with Gasteiger partial charge >= 0.3 is 6.03 Å². The summed E-state index contributed by atoms with van der Waals surface area (Å²) in [5, 5.41) is 9.46. The number of imide groups is 1. The number of urea groups is 1. The van der Waals surface area contributed by atoms with Gasteiger partial charge in [-0.2, -0.15) is 0 Å². The van der Waals surface area contributed by atoms with E-state index in [4.69, 9.17) is 0 Å². The van der Waals surface area contributed by atoms with Crippen LogP contribution in [0, 0.1) is 6.92 Å². The lowest BCUT2D eigenvalue weighted by Gasteiger charge is -2.19. The van der Waals surface area contributed by atoms with Crippen LogP contribution in [0.1, 0.15) is 50.3 Å². The van der Waals surface area contributed by atoms with Gasteiger partial charge in [-0.05, 0) is 52.7 Å². The zero-order valence-electron chi connectivity index (χ0n) is 17.6. The maximum Gasteiger partial charge on any atom is 0.325 e. The van der Waals surface area contributed by atoms with Gasteiger partial charge in [0.15, 0.2) is 5.96 Å². The number of carbonyl (C=O) groups is 2. The highest BCUT2D eigenvalue weighted by Gasteiger charge is 2.45. The molecule has 1 aromatic heterocycles. The summed E-state index contributed by atoms with van der Waals surface area (Å²) < 4.78 is 0. The van der Waals surface area contributed by atoms with Crippen molar-refractivity contribution >= 4 is 29.2 Å². The summed E-state index contributed by atoms with van der Waals surface area (Å²) in [6.07, 6.45) is 2.16. The summed E-state index contributed by atoms with van der Waals surface area (Å²) in [5.74, 6) is 0.618. The fourth-order valence-electron chi connectivity index (χ4n) is 3.11. The first-order chi connectivity index (χ1) is 13.3. The Morgan fingerprint density at radius 2 is 2.11 bits per heavy atom. The lowest BCUT2D eigenvalue weighted by atomic mass is 9.99. The maximum absolute atomic E-state index is 12.4. The van der Waals surface area contributed by atoms with E-state index in [0.717, 1.165) is 18.9 Å². The number of hydrogen-bond donors (Lipinski definition) is 3. The molecule has 156 valence electrons. The number of nitrogens with one attached hydrogen (secondary N) is 3. The Morgan fingerprint density at radius 1 is 1.36 bits per heavy atom. The standard InChI is InChI=1S/C20H33N5O2S/c1-6-20(5)17(26)25(19(27)24-20)12-8-11-22-18(21-7-2)23-14(3)13-16-10-9-15(4)28-16/h9-10,14H,6-8,11-13H2,1-5H3,(H,24,27)(H2,21,22,23). The molecule has 0 saturated carbocycles. The van der Waals surface area contributed by atoms with Crippen LogP contribution in [0.5, 0.6) is 0 Å². The Hall–Kier alpha value is -2.09. The Labute approximate surface area is 172 Å². The fraction of sp³-hybridized carbons (Fsp3) is 0.650. The van der Waals surface area contributed by atoms with Gasteiger partial charge in [0, 0.05) is 41.9 Å². The van der Waals surface area contributed by atoms with Gasteiger partial charge in [0.25, 0.3) is 5.91 Å². The monoisotopic (exact) mass is 407 g/mol. The van der Waals surface area contributed by atoms with E-state index in [9.17, 15) is 9.59 Å². The van der Waals surface area contributed by atoms with Crippen molar-refractivity contribution in [2.45, 2.75) is 65.5 Å². The first-order valence-corrected chi connectivity index (χ1v) is 10.8. The molecule has 2 unspecified atom stereocenters. The van der Waals surface area contributed by atoms with Crippen molar-refractivity contribution in [3.8, 4) is 0 Å². The summed E-state index contributed by atoms with van der Waals surface area (Å²) in [6.45, 7) is 11.7. The lowest BCUT2D eigenvalue weighted by Crippen LogP contribution is -2.43. The Kier molecular flexibility index (Phi) is 7.86. The summed E-state index contributed by atoms with van der Waals surface area (Å²) >= 11 is 1.82. The minimum Gasteiger partial charge on any atom is -0.357 e. The van der Waals surface area contributed by atoms with Crippen LogP contribution in [0.15, 0.2) is 17.1 Å². The highest BCUT2D eigenvalue weighted by atomic mass is 32.1. The van der Waals surface area contributed by atoms with Gasteiger partial charge in [-0.1, -0.05) is 6.92 Å². The zero-order chi connectivity index (χ0) is 20.7. The van der Waals surface area contributed by atoms with Crippen LogP contribution in [0.2, 0.25) is 0 Å². The van der Waals surface area contributed by atoms with Crippen LogP contribution in [0.25, 0.3) is 0 Å². The molecule has 2 atom stereocenters. The third-order valence-corrected chi connectivity index (χ3v) is 5.92. The van der Waals surface area contributed by atoms with E-state index in [0.29, 0.717) is 25.9 Å². The number of thiophene rings is 1. The van der Waals surface area contributed by atoms with E-state index in [1.54, 1.807) is 6.92 Å². The minimum absolute atomic E-state index is 0.145. The highest BCUT2D eigenvalue weighted by Crippen LogP contribution is 2.20. The van der Waals surface area contributed by atoms with Crippen molar-refractivity contribution in [3.05, 3.63) is 21.9 Å². The van der Waals surface area contributed by atoms with Gasteiger partial charge < -0.3 is 16.0 Å². The Balaban J connectivity index is 1.83. The van der Waals surface area contributed by atoms with Gasteiger partial charge in [-0.15, -0.1) is 11.3 Å². The number of amides is 3. The van der Waals surface area contributed by atoms with E-state index in [2.05, 4.69) is 46.9 Å². The summed E-state index contributed by atoms with van der Waals surface area (Å²) in [7, 11) is 0. The summed E-state index contributed by atoms with van der Waals surface area (Å²) in [4.78, 5) is 33.0. The number of aliphatic imine (C=N–C) groups is 1. The van der Waals surface area contributed by atoms with Crippen LogP contribution >= 0.6 is 11.3 Å². The van der Waals surface area contributed by atoms with E-state index in [1.807, 2.05) is 25.2 Å². The third kappa shape index (κ3) is 5.70. The first kappa shape index (κ1) is 22.2. The SMILES string of the molecule is CCNC(=NCCCN1C(=O)NC(C)(CC)C1=O)NC(C)Cc1ccc(C)s1. The van der Waals surface area contributed by atoms with Crippen LogP contribution in [0.4, 0.5) is 4.79 Å². The maximum atomic E-state index is 12.4. The molecule has 1 aliphatic rings. The molecule has 0 spiro atoms. The zero-order valence-corrected chi connectivity index (χ0v) is 18.4. The van der Waals surface area contributed by atoms with E-state index >= 15 is 0 Å². The van der Waals surface area contributed by atoms with Crippen LogP contribution in [-0.4, -0.2) is 54.0 Å². The molecule has 3 amide bonds. The topological polar surface area (TPSA) is 85.8 Å². The number of rotatable bonds is 9. The lowest BCUT2D eigenvalue weighted by molar-refractivity contribution is -0.130. The summed E-state index contributed by atoms with van der Waals surface area (Å²) in [5.41, 5.74) is -0.771. The molecule has 1 saturated heterocycles. The molecule has 0 aliphatic carbocycles. The van der Waals surface area contributed by atoms with Gasteiger partial charge in [0.1, 0.15) is 5.54 Å². The average Bonchev–Trinajstić information content (AvgIpc) is 3.13. The molecule has 3 N–H and O–H groups in total. The van der Waals surface area contributed by atoms with E-state index in [-0.39, 0.29) is 18.0 Å². The van der Waals surface area contributed by atoms with Crippen molar-refractivity contribution in [1.29, 1.82) is 0 Å². The average molecular weight is 408 g/mol. The van der Waals surface area contributed by atoms with E-state index in [1.165, 1.54) is 14.7 Å². The molecule has 1 aliphatic heterocycles. The van der Waals surface area contributed by atoms with Crippen molar-refractivity contribution in [1.82, 2.24) is 20.9 Å². The molecule has 0 bridgehead atoms. The van der Waals surface area contributed by atoms with Gasteiger partial charge in [-0.25, -0.2) is 4.79 Å². The second-order valence-electron chi connectivity index (χ2n) is 7.45. The quantitative estimate of drug-likeness (QED) is 0.254. The molecule has 1 fully saturated rings. The second-order valence-corrected chi connectivity index (χ2v) is 8.82. The number of hydrogen-bond acceptors (Lipinski definition) is 4. The largest absolute Gasteiger partial charge is 0.357 e. The minimum atomic E-state index is -0.771. The normalized spacial score (nSPS) is 21.0. The second kappa shape index (κ2) is 9.91. The van der Waals surface area contributed by atoms with Crippen molar-refractivity contribution in [2.75, 3.05) is 19.6 Å². The van der Waals surface area contributed by atoms with Crippen molar-refractivity contribution < 1.29 is 9.59 Å². The number of nitrogens with zero attached hydrogens (tertiary/aromatic N) is 2. The number of carbonyl (C=O) groups excluding carboxylic acids is 2. The number of aryl methyl sites for hydroxylation is 1. The fourth-order valence-corrected chi connectivity index (χ4v) is 4.13. The first-order valence-electron chi connectivity index (χ1n) is 10.0. The molecule has 0 aromatic carbocycles. The number of guanidine groups is 1. The van der Waals surface area contributed by atoms with Crippen LogP contribution in [-0.2, 0) is 11.2 Å². The molecular formula is C20H33N5O2S. The van der Waals surface area contributed by atoms with Gasteiger partial charge in [0.2, 0.25) is 0 Å². The molecule has 7 nitrogen and oxygen atoms in total. The van der Waals surface area contributed by atoms with Gasteiger partial charge in [0.05, 0.1) is 0 Å². The predicted octanol–water partition coefficient (Wildman–Crippen LogP) is 2.65.